The van der Waals surface area contributed by atoms with Gasteiger partial charge in [0.1, 0.15) is 17.2 Å². The van der Waals surface area contributed by atoms with Crippen molar-refractivity contribution in [2.24, 2.45) is 7.05 Å². The number of amides is 1. The molecule has 0 saturated carbocycles. The number of nitrogens with one attached hydrogen (secondary N) is 1. The molecule has 1 aliphatic heterocycles. The summed E-state index contributed by atoms with van der Waals surface area (Å²) >= 11 is 11.9. The molecule has 6 rings (SSSR count). The van der Waals surface area contributed by atoms with Gasteiger partial charge >= 0.3 is 6.61 Å². The Hall–Kier alpha value is -4.43. The Balaban J connectivity index is 1.10. The molecule has 2 aromatic heterocycles. The van der Waals surface area contributed by atoms with E-state index in [2.05, 4.69) is 26.3 Å². The van der Waals surface area contributed by atoms with Crippen molar-refractivity contribution in [3.05, 3.63) is 106 Å². The fourth-order valence-corrected chi connectivity index (χ4v) is 7.33. The molecular formula is C35H33Cl2F2N5O5S. The molecule has 1 aliphatic rings. The maximum atomic E-state index is 13.7. The molecule has 3 heterocycles. The third-order valence-corrected chi connectivity index (χ3v) is 10.7. The molecule has 50 heavy (non-hydrogen) atoms. The van der Waals surface area contributed by atoms with E-state index in [0.717, 1.165) is 16.5 Å². The smallest absolute Gasteiger partial charge is 0.387 e. The number of rotatable bonds is 10. The maximum Gasteiger partial charge on any atom is 0.387 e. The van der Waals surface area contributed by atoms with Gasteiger partial charge in [0.2, 0.25) is 5.88 Å². The second-order valence-corrected chi connectivity index (χ2v) is 14.5. The zero-order chi connectivity index (χ0) is 35.7. The number of nitrogens with zero attached hydrogens (tertiary/aromatic N) is 4. The van der Waals surface area contributed by atoms with Crippen LogP contribution >= 0.6 is 23.2 Å². The molecule has 262 valence electrons. The van der Waals surface area contributed by atoms with Crippen LogP contribution in [0.1, 0.15) is 28.5 Å². The Labute approximate surface area is 298 Å². The fourth-order valence-electron chi connectivity index (χ4n) is 5.83. The van der Waals surface area contributed by atoms with Gasteiger partial charge in [-0.1, -0.05) is 35.3 Å². The Morgan fingerprint density at radius 2 is 1.74 bits per heavy atom. The molecule has 0 unspecified atom stereocenters. The van der Waals surface area contributed by atoms with E-state index in [4.69, 9.17) is 27.9 Å². The van der Waals surface area contributed by atoms with Gasteiger partial charge in [-0.3, -0.25) is 14.4 Å². The van der Waals surface area contributed by atoms with Crippen molar-refractivity contribution in [1.82, 2.24) is 19.4 Å². The van der Waals surface area contributed by atoms with Crippen molar-refractivity contribution < 1.29 is 31.5 Å². The van der Waals surface area contributed by atoms with E-state index in [9.17, 15) is 22.0 Å². The number of benzene rings is 3. The first-order valence-electron chi connectivity index (χ1n) is 15.6. The molecule has 1 atom stereocenters. The van der Waals surface area contributed by atoms with Crippen LogP contribution in [-0.4, -0.2) is 66.0 Å². The number of fused-ring (bicyclic) bond motifs is 1. The van der Waals surface area contributed by atoms with Gasteiger partial charge in [0.15, 0.2) is 0 Å². The molecule has 15 heteroatoms. The fraction of sp³-hybridized carbons (Fsp3) is 0.257. The number of carbonyl (C=O) groups is 1. The highest BCUT2D eigenvalue weighted by atomic mass is 35.5. The molecule has 0 spiro atoms. The summed E-state index contributed by atoms with van der Waals surface area (Å²) in [5, 5.41) is 1.24. The third-order valence-electron chi connectivity index (χ3n) is 8.58. The van der Waals surface area contributed by atoms with Crippen molar-refractivity contribution in [1.29, 1.82) is 0 Å². The number of aromatic nitrogens is 2. The number of pyridine rings is 1. The second kappa shape index (κ2) is 14.4. The number of halogens is 4. The van der Waals surface area contributed by atoms with Crippen LogP contribution in [0.4, 0.5) is 14.5 Å². The van der Waals surface area contributed by atoms with Crippen LogP contribution in [0.2, 0.25) is 10.0 Å². The van der Waals surface area contributed by atoms with E-state index in [1.54, 1.807) is 31.2 Å². The molecule has 3 aromatic carbocycles. The minimum Gasteiger partial charge on any atom is -0.439 e. The Morgan fingerprint density at radius 3 is 2.42 bits per heavy atom. The minimum absolute atomic E-state index is 0.0391. The van der Waals surface area contributed by atoms with E-state index in [1.165, 1.54) is 36.5 Å². The van der Waals surface area contributed by atoms with Crippen LogP contribution in [0, 0.1) is 6.92 Å². The summed E-state index contributed by atoms with van der Waals surface area (Å²) in [4.78, 5) is 22.1. The van der Waals surface area contributed by atoms with Gasteiger partial charge < -0.3 is 18.9 Å². The number of aryl methyl sites for hydroxylation is 2. The van der Waals surface area contributed by atoms with E-state index in [0.29, 0.717) is 43.2 Å². The quantitative estimate of drug-likeness (QED) is 0.156. The SMILES string of the molecule is Cc1cc(Oc2ccc3cc(C(=O)N4CCN(Cc5ccc(OC(F)F)cc5)[C@H](C)C4)n(C)c3c2)ncc1NS(=O)(=O)c1ccc(Cl)c(Cl)c1. The molecule has 1 saturated heterocycles. The number of anilines is 1. The van der Waals surface area contributed by atoms with Crippen LogP contribution in [0.3, 0.4) is 0 Å². The number of carbonyl (C=O) groups excluding carboxylic acids is 1. The summed E-state index contributed by atoms with van der Waals surface area (Å²) in [5.41, 5.74) is 3.16. The molecule has 10 nitrogen and oxygen atoms in total. The van der Waals surface area contributed by atoms with E-state index < -0.39 is 16.6 Å². The monoisotopic (exact) mass is 743 g/mol. The zero-order valence-corrected chi connectivity index (χ0v) is 29.6. The van der Waals surface area contributed by atoms with Crippen molar-refractivity contribution >= 4 is 55.7 Å². The normalized spacial score (nSPS) is 15.4. The summed E-state index contributed by atoms with van der Waals surface area (Å²) < 4.78 is 65.6. The molecule has 1 N–H and O–H groups in total. The highest BCUT2D eigenvalue weighted by Crippen LogP contribution is 2.31. The molecule has 1 fully saturated rings. The third kappa shape index (κ3) is 7.81. The van der Waals surface area contributed by atoms with Gasteiger partial charge in [-0.15, -0.1) is 0 Å². The number of hydrogen-bond donors (Lipinski definition) is 1. The molecule has 0 radical (unpaired) electrons. The van der Waals surface area contributed by atoms with E-state index in [-0.39, 0.29) is 44.2 Å². The number of sulfonamides is 1. The number of alkyl halides is 2. The highest BCUT2D eigenvalue weighted by Gasteiger charge is 2.29. The molecule has 5 aromatic rings. The first kappa shape index (κ1) is 35.4. The summed E-state index contributed by atoms with van der Waals surface area (Å²) in [6, 6.07) is 19.7. The Morgan fingerprint density at radius 1 is 1.00 bits per heavy atom. The van der Waals surface area contributed by atoms with Gasteiger partial charge in [-0.2, -0.15) is 8.78 Å². The maximum absolute atomic E-state index is 13.7. The lowest BCUT2D eigenvalue weighted by Gasteiger charge is -2.40. The molecule has 0 bridgehead atoms. The highest BCUT2D eigenvalue weighted by molar-refractivity contribution is 7.92. The predicted molar refractivity (Wildman–Crippen MR) is 188 cm³/mol. The summed E-state index contributed by atoms with van der Waals surface area (Å²) in [5.74, 6) is 0.786. The van der Waals surface area contributed by atoms with Crippen molar-refractivity contribution in [3.8, 4) is 17.4 Å². The lowest BCUT2D eigenvalue weighted by molar-refractivity contribution is -0.0498. The van der Waals surface area contributed by atoms with Gasteiger partial charge in [-0.05, 0) is 73.5 Å². The lowest BCUT2D eigenvalue weighted by Crippen LogP contribution is -2.53. The average Bonchev–Trinajstić information content (AvgIpc) is 3.40. The average molecular weight is 745 g/mol. The number of hydrogen-bond acceptors (Lipinski definition) is 7. The van der Waals surface area contributed by atoms with Crippen LogP contribution in [0.5, 0.6) is 17.4 Å². The predicted octanol–water partition coefficient (Wildman–Crippen LogP) is 7.73. The summed E-state index contributed by atoms with van der Waals surface area (Å²) in [6.07, 6.45) is 1.37. The zero-order valence-electron chi connectivity index (χ0n) is 27.2. The van der Waals surface area contributed by atoms with Crippen LogP contribution in [0.15, 0.2) is 83.9 Å². The van der Waals surface area contributed by atoms with Gasteiger partial charge in [0.25, 0.3) is 15.9 Å². The Bertz CT molecular complexity index is 2170. The van der Waals surface area contributed by atoms with Gasteiger partial charge in [0, 0.05) is 56.8 Å². The van der Waals surface area contributed by atoms with Crippen LogP contribution in [-0.2, 0) is 23.6 Å². The lowest BCUT2D eigenvalue weighted by atomic mass is 10.1. The summed E-state index contributed by atoms with van der Waals surface area (Å²) in [7, 11) is -2.11. The van der Waals surface area contributed by atoms with Crippen molar-refractivity contribution in [3.63, 3.8) is 0 Å². The van der Waals surface area contributed by atoms with Gasteiger partial charge in [0.05, 0.1) is 32.3 Å². The number of ether oxygens (including phenoxy) is 2. The molecule has 0 aliphatic carbocycles. The topological polar surface area (TPSA) is 106 Å². The molecule has 1 amide bonds. The second-order valence-electron chi connectivity index (χ2n) is 12.0. The van der Waals surface area contributed by atoms with Crippen LogP contribution < -0.4 is 14.2 Å². The minimum atomic E-state index is -3.95. The summed E-state index contributed by atoms with van der Waals surface area (Å²) in [6.45, 7) is 3.28. The Kier molecular flexibility index (Phi) is 10.2. The van der Waals surface area contributed by atoms with Crippen molar-refractivity contribution in [2.45, 2.75) is 37.9 Å². The van der Waals surface area contributed by atoms with E-state index >= 15 is 0 Å². The largest absolute Gasteiger partial charge is 0.439 e. The van der Waals surface area contributed by atoms with Crippen LogP contribution in [0.25, 0.3) is 10.9 Å². The standard InChI is InChI=1S/C35H33Cl2F2N5O5S/c1-21-14-33(40-18-30(21)41-50(46,47)27-10-11-28(36)29(37)17-27)48-26-9-6-24-15-32(42(3)31(24)16-26)34(45)44-13-12-43(22(2)19-44)20-23-4-7-25(8-5-23)49-35(38)39/h4-11,14-18,22,35,41H,12-13,19-20H2,1-3H3/t22-/m1/s1. The first-order valence-corrected chi connectivity index (χ1v) is 17.8. The van der Waals surface area contributed by atoms with E-state index in [1.807, 2.05) is 34.7 Å². The van der Waals surface area contributed by atoms with Crippen molar-refractivity contribution in [2.75, 3.05) is 24.4 Å². The van der Waals surface area contributed by atoms with Gasteiger partial charge in [-0.25, -0.2) is 13.4 Å². The molecular weight excluding hydrogens is 711 g/mol. The number of piperazine rings is 1. The first-order chi connectivity index (χ1) is 23.8.